The molecule has 124 valence electrons. The Balaban J connectivity index is 1.95. The Hall–Kier alpha value is -3.07. The molecule has 2 aromatic carbocycles. The fourth-order valence-electron chi connectivity index (χ4n) is 3.19. The smallest absolute Gasteiger partial charge is 0.143 e. The lowest BCUT2D eigenvalue weighted by Crippen LogP contribution is -2.00. The molecule has 0 spiro atoms. The van der Waals surface area contributed by atoms with Gasteiger partial charge in [-0.3, -0.25) is 4.40 Å². The van der Waals surface area contributed by atoms with E-state index < -0.39 is 0 Å². The highest BCUT2D eigenvalue weighted by Crippen LogP contribution is 2.33. The van der Waals surface area contributed by atoms with Crippen molar-refractivity contribution >= 4 is 17.2 Å². The normalized spacial score (nSPS) is 11.0. The molecule has 3 heteroatoms. The monoisotopic (exact) mass is 327 g/mol. The number of fused-ring (bicyclic) bond motifs is 1. The summed E-state index contributed by atoms with van der Waals surface area (Å²) in [5.74, 6) is 0.999. The minimum atomic E-state index is 0.951. The second kappa shape index (κ2) is 6.10. The van der Waals surface area contributed by atoms with Gasteiger partial charge in [-0.1, -0.05) is 48.5 Å². The van der Waals surface area contributed by atoms with Gasteiger partial charge < -0.3 is 5.32 Å². The van der Waals surface area contributed by atoms with E-state index >= 15 is 0 Å². The van der Waals surface area contributed by atoms with Crippen molar-refractivity contribution in [2.24, 2.45) is 0 Å². The van der Waals surface area contributed by atoms with Crippen LogP contribution in [-0.2, 0) is 0 Å². The fourth-order valence-corrected chi connectivity index (χ4v) is 3.19. The Bertz CT molecular complexity index is 1030. The van der Waals surface area contributed by atoms with E-state index in [0.717, 1.165) is 28.4 Å². The second-order valence-electron chi connectivity index (χ2n) is 6.50. The Labute approximate surface area is 148 Å². The van der Waals surface area contributed by atoms with Gasteiger partial charge in [0.05, 0.1) is 0 Å². The Morgan fingerprint density at radius 1 is 0.840 bits per heavy atom. The molecule has 3 nitrogen and oxygen atoms in total. The number of benzene rings is 2. The first-order valence-corrected chi connectivity index (χ1v) is 8.51. The number of anilines is 2. The number of rotatable bonds is 3. The molecule has 2 heterocycles. The zero-order chi connectivity index (χ0) is 17.4. The molecule has 2 aromatic heterocycles. The summed E-state index contributed by atoms with van der Waals surface area (Å²) < 4.78 is 2.13. The number of nitrogens with one attached hydrogen (secondary N) is 1. The molecular formula is C22H21N3. The maximum absolute atomic E-state index is 4.90. The molecule has 0 bridgehead atoms. The summed E-state index contributed by atoms with van der Waals surface area (Å²) >= 11 is 0. The van der Waals surface area contributed by atoms with Crippen LogP contribution >= 0.6 is 0 Å². The predicted molar refractivity (Wildman–Crippen MR) is 105 cm³/mol. The van der Waals surface area contributed by atoms with Crippen LogP contribution in [0.25, 0.3) is 16.9 Å². The number of aryl methyl sites for hydroxylation is 3. The van der Waals surface area contributed by atoms with E-state index in [9.17, 15) is 0 Å². The van der Waals surface area contributed by atoms with Crippen LogP contribution in [0.5, 0.6) is 0 Å². The van der Waals surface area contributed by atoms with Crippen molar-refractivity contribution in [2.75, 3.05) is 5.32 Å². The number of nitrogens with zero attached hydrogens (tertiary/aromatic N) is 2. The fraction of sp³-hybridized carbons (Fsp3) is 0.136. The number of hydrogen-bond donors (Lipinski definition) is 1. The van der Waals surface area contributed by atoms with Gasteiger partial charge >= 0.3 is 0 Å². The van der Waals surface area contributed by atoms with Gasteiger partial charge in [0.2, 0.25) is 0 Å². The summed E-state index contributed by atoms with van der Waals surface area (Å²) in [4.78, 5) is 4.90. The molecule has 4 aromatic rings. The molecule has 0 aliphatic rings. The molecule has 0 atom stereocenters. The van der Waals surface area contributed by atoms with Crippen LogP contribution in [0.2, 0.25) is 0 Å². The average Bonchev–Trinajstić information content (AvgIpc) is 2.96. The van der Waals surface area contributed by atoms with E-state index in [1.54, 1.807) is 0 Å². The third-order valence-corrected chi connectivity index (χ3v) is 4.55. The van der Waals surface area contributed by atoms with Crippen LogP contribution in [-0.4, -0.2) is 9.38 Å². The largest absolute Gasteiger partial charge is 0.339 e. The van der Waals surface area contributed by atoms with Crippen molar-refractivity contribution in [1.29, 1.82) is 0 Å². The topological polar surface area (TPSA) is 29.3 Å². The Kier molecular flexibility index (Phi) is 3.77. The van der Waals surface area contributed by atoms with Crippen LogP contribution in [0.3, 0.4) is 0 Å². The van der Waals surface area contributed by atoms with E-state index in [1.165, 1.54) is 16.7 Å². The lowest BCUT2D eigenvalue weighted by molar-refractivity contribution is 1.16. The molecular weight excluding hydrogens is 306 g/mol. The maximum atomic E-state index is 4.90. The minimum absolute atomic E-state index is 0.951. The molecule has 0 amide bonds. The highest BCUT2D eigenvalue weighted by atomic mass is 15.1. The van der Waals surface area contributed by atoms with Crippen LogP contribution in [0.4, 0.5) is 11.5 Å². The predicted octanol–water partition coefficient (Wildman–Crippen LogP) is 5.67. The van der Waals surface area contributed by atoms with E-state index in [1.807, 2.05) is 18.2 Å². The van der Waals surface area contributed by atoms with E-state index in [2.05, 4.69) is 79.2 Å². The molecule has 0 unspecified atom stereocenters. The van der Waals surface area contributed by atoms with Gasteiger partial charge in [0, 0.05) is 17.4 Å². The summed E-state index contributed by atoms with van der Waals surface area (Å²) in [7, 11) is 0. The van der Waals surface area contributed by atoms with Crippen molar-refractivity contribution in [2.45, 2.75) is 20.8 Å². The van der Waals surface area contributed by atoms with Gasteiger partial charge in [-0.15, -0.1) is 0 Å². The van der Waals surface area contributed by atoms with Gasteiger partial charge in [-0.05, 0) is 49.6 Å². The maximum Gasteiger partial charge on any atom is 0.143 e. The van der Waals surface area contributed by atoms with Gasteiger partial charge in [-0.2, -0.15) is 0 Å². The van der Waals surface area contributed by atoms with Crippen LogP contribution < -0.4 is 5.32 Å². The Morgan fingerprint density at radius 3 is 2.28 bits per heavy atom. The first-order valence-electron chi connectivity index (χ1n) is 8.51. The molecule has 0 saturated heterocycles. The van der Waals surface area contributed by atoms with Gasteiger partial charge in [-0.25, -0.2) is 4.98 Å². The van der Waals surface area contributed by atoms with Crippen molar-refractivity contribution in [3.8, 4) is 11.3 Å². The molecule has 0 fully saturated rings. The number of imidazole rings is 1. The van der Waals surface area contributed by atoms with Crippen molar-refractivity contribution in [3.63, 3.8) is 0 Å². The van der Waals surface area contributed by atoms with E-state index in [0.29, 0.717) is 0 Å². The standard InChI is InChI=1S/C22H21N3/c1-15-12-13-25-19(14-15)23-21(18-10-5-4-6-11-18)22(25)24-20-16(2)8-7-9-17(20)3/h4-14,24H,1-3H3. The highest BCUT2D eigenvalue weighted by Gasteiger charge is 2.15. The lowest BCUT2D eigenvalue weighted by Gasteiger charge is -2.14. The van der Waals surface area contributed by atoms with Crippen LogP contribution in [0.1, 0.15) is 16.7 Å². The summed E-state index contributed by atoms with van der Waals surface area (Å²) in [6.45, 7) is 6.35. The third-order valence-electron chi connectivity index (χ3n) is 4.55. The van der Waals surface area contributed by atoms with Crippen LogP contribution in [0.15, 0.2) is 66.9 Å². The summed E-state index contributed by atoms with van der Waals surface area (Å²) in [5, 5.41) is 3.65. The van der Waals surface area contributed by atoms with Gasteiger partial charge in [0.15, 0.2) is 0 Å². The van der Waals surface area contributed by atoms with Crippen molar-refractivity contribution in [1.82, 2.24) is 9.38 Å². The molecule has 0 aliphatic heterocycles. The van der Waals surface area contributed by atoms with Crippen molar-refractivity contribution < 1.29 is 0 Å². The Morgan fingerprint density at radius 2 is 1.56 bits per heavy atom. The second-order valence-corrected chi connectivity index (χ2v) is 6.50. The zero-order valence-corrected chi connectivity index (χ0v) is 14.7. The lowest BCUT2D eigenvalue weighted by atomic mass is 10.1. The molecule has 25 heavy (non-hydrogen) atoms. The first kappa shape index (κ1) is 15.5. The average molecular weight is 327 g/mol. The summed E-state index contributed by atoms with van der Waals surface area (Å²) in [6.07, 6.45) is 2.08. The molecule has 0 aliphatic carbocycles. The first-order chi connectivity index (χ1) is 12.1. The van der Waals surface area contributed by atoms with Gasteiger partial charge in [0.1, 0.15) is 17.2 Å². The number of para-hydroxylation sites is 1. The number of aromatic nitrogens is 2. The number of pyridine rings is 1. The van der Waals surface area contributed by atoms with Crippen molar-refractivity contribution in [3.05, 3.63) is 83.6 Å². The SMILES string of the molecule is Cc1ccn2c(Nc3c(C)cccc3C)c(-c3ccccc3)nc2c1. The molecule has 4 rings (SSSR count). The summed E-state index contributed by atoms with van der Waals surface area (Å²) in [5.41, 5.74) is 7.82. The van der Waals surface area contributed by atoms with E-state index in [-0.39, 0.29) is 0 Å². The molecule has 1 N–H and O–H groups in total. The third kappa shape index (κ3) is 2.78. The quantitative estimate of drug-likeness (QED) is 0.525. The molecule has 0 radical (unpaired) electrons. The molecule has 0 saturated carbocycles. The zero-order valence-electron chi connectivity index (χ0n) is 14.7. The van der Waals surface area contributed by atoms with Gasteiger partial charge in [0.25, 0.3) is 0 Å². The summed E-state index contributed by atoms with van der Waals surface area (Å²) in [6, 6.07) is 20.9. The minimum Gasteiger partial charge on any atom is -0.339 e. The van der Waals surface area contributed by atoms with Crippen LogP contribution in [0, 0.1) is 20.8 Å². The van der Waals surface area contributed by atoms with E-state index in [4.69, 9.17) is 4.98 Å². The highest BCUT2D eigenvalue weighted by molar-refractivity contribution is 5.81. The number of hydrogen-bond acceptors (Lipinski definition) is 2.